The average Bonchev–Trinajstić information content (AvgIpc) is 2.28. The summed E-state index contributed by atoms with van der Waals surface area (Å²) in [4.78, 5) is 11.8. The number of alkyl halides is 1. The second kappa shape index (κ2) is 6.05. The van der Waals surface area contributed by atoms with Gasteiger partial charge >= 0.3 is 5.97 Å². The van der Waals surface area contributed by atoms with Gasteiger partial charge in [0.05, 0.1) is 30.1 Å². The number of carbonyl (C=O) groups excluding carboxylic acids is 1. The zero-order chi connectivity index (χ0) is 13.1. The van der Waals surface area contributed by atoms with E-state index in [0.717, 1.165) is 25.7 Å². The van der Waals surface area contributed by atoms with E-state index in [1.165, 1.54) is 7.11 Å². The molecule has 0 amide bonds. The number of carbonyl (C=O) groups is 1. The third kappa shape index (κ3) is 3.59. The highest BCUT2D eigenvalue weighted by Crippen LogP contribution is 2.36. The Kier molecular flexibility index (Phi) is 5.26. The predicted molar refractivity (Wildman–Crippen MR) is 68.2 cm³/mol. The Bertz CT molecular complexity index is 265. The van der Waals surface area contributed by atoms with Crippen LogP contribution in [0, 0.1) is 5.92 Å². The molecule has 0 aromatic heterocycles. The van der Waals surface area contributed by atoms with Gasteiger partial charge in [0.15, 0.2) is 0 Å². The Hall–Kier alpha value is -0.280. The topological polar surface area (TPSA) is 35.5 Å². The second-order valence-corrected chi connectivity index (χ2v) is 5.75. The molecule has 1 aliphatic heterocycles. The van der Waals surface area contributed by atoms with E-state index >= 15 is 0 Å². The van der Waals surface area contributed by atoms with Crippen molar-refractivity contribution in [2.24, 2.45) is 5.92 Å². The van der Waals surface area contributed by atoms with Crippen molar-refractivity contribution in [1.29, 1.82) is 0 Å². The van der Waals surface area contributed by atoms with Crippen LogP contribution in [-0.4, -0.2) is 30.2 Å². The molecule has 0 radical (unpaired) electrons. The quantitative estimate of drug-likeness (QED) is 0.577. The molecule has 3 nitrogen and oxygen atoms in total. The lowest BCUT2D eigenvalue weighted by Gasteiger charge is -2.42. The fourth-order valence-electron chi connectivity index (χ4n) is 2.38. The summed E-state index contributed by atoms with van der Waals surface area (Å²) in [5, 5.41) is 0.0127. The van der Waals surface area contributed by atoms with E-state index in [1.54, 1.807) is 0 Å². The first-order chi connectivity index (χ1) is 7.92. The highest BCUT2D eigenvalue weighted by molar-refractivity contribution is 6.21. The average molecular weight is 263 g/mol. The van der Waals surface area contributed by atoms with Crippen molar-refractivity contribution < 1.29 is 14.3 Å². The molecule has 1 rings (SSSR count). The Morgan fingerprint density at radius 1 is 1.53 bits per heavy atom. The maximum absolute atomic E-state index is 11.8. The molecule has 0 saturated carbocycles. The molecule has 100 valence electrons. The molecule has 4 heteroatoms. The summed E-state index contributed by atoms with van der Waals surface area (Å²) in [6.07, 6.45) is 3.41. The number of ether oxygens (including phenoxy) is 2. The minimum absolute atomic E-state index is 0.0127. The lowest BCUT2D eigenvalue weighted by atomic mass is 9.87. The number of hydrogen-bond acceptors (Lipinski definition) is 3. The van der Waals surface area contributed by atoms with E-state index < -0.39 is 0 Å². The minimum Gasteiger partial charge on any atom is -0.469 e. The smallest absolute Gasteiger partial charge is 0.311 e. The van der Waals surface area contributed by atoms with E-state index in [2.05, 4.69) is 6.92 Å². The van der Waals surface area contributed by atoms with Crippen LogP contribution in [-0.2, 0) is 14.3 Å². The van der Waals surface area contributed by atoms with Crippen LogP contribution in [0.25, 0.3) is 0 Å². The fourth-order valence-corrected chi connectivity index (χ4v) is 2.56. The molecule has 0 aliphatic carbocycles. The van der Waals surface area contributed by atoms with Crippen LogP contribution < -0.4 is 0 Å². The lowest BCUT2D eigenvalue weighted by Crippen LogP contribution is -2.48. The number of halogens is 1. The van der Waals surface area contributed by atoms with Gasteiger partial charge in [-0.15, -0.1) is 11.6 Å². The van der Waals surface area contributed by atoms with Gasteiger partial charge in [-0.05, 0) is 33.1 Å². The van der Waals surface area contributed by atoms with Gasteiger partial charge in [0.2, 0.25) is 0 Å². The molecule has 1 saturated heterocycles. The van der Waals surface area contributed by atoms with E-state index in [4.69, 9.17) is 21.1 Å². The van der Waals surface area contributed by atoms with Crippen LogP contribution >= 0.6 is 11.6 Å². The van der Waals surface area contributed by atoms with Crippen LogP contribution in [0.2, 0.25) is 0 Å². The standard InChI is InChI=1S/C13H23ClO3/c1-5-6-9(12(15)16-4)10-7-8-11(14)13(2,3)17-10/h9-11H,5-8H2,1-4H3. The zero-order valence-electron chi connectivity index (χ0n) is 11.2. The van der Waals surface area contributed by atoms with E-state index in [9.17, 15) is 4.79 Å². The van der Waals surface area contributed by atoms with Crippen molar-refractivity contribution in [1.82, 2.24) is 0 Å². The Labute approximate surface area is 109 Å². The Morgan fingerprint density at radius 2 is 2.18 bits per heavy atom. The summed E-state index contributed by atoms with van der Waals surface area (Å²) in [5.41, 5.74) is -0.371. The monoisotopic (exact) mass is 262 g/mol. The normalized spacial score (nSPS) is 29.7. The van der Waals surface area contributed by atoms with Crippen molar-refractivity contribution in [3.05, 3.63) is 0 Å². The second-order valence-electron chi connectivity index (χ2n) is 5.22. The summed E-state index contributed by atoms with van der Waals surface area (Å²) in [7, 11) is 1.43. The number of esters is 1. The predicted octanol–water partition coefficient (Wildman–Crippen LogP) is 3.14. The van der Waals surface area contributed by atoms with Crippen molar-refractivity contribution in [3.63, 3.8) is 0 Å². The van der Waals surface area contributed by atoms with Crippen LogP contribution in [0.15, 0.2) is 0 Å². The fraction of sp³-hybridized carbons (Fsp3) is 0.923. The summed E-state index contributed by atoms with van der Waals surface area (Å²) in [5.74, 6) is -0.325. The van der Waals surface area contributed by atoms with E-state index in [0.29, 0.717) is 0 Å². The van der Waals surface area contributed by atoms with E-state index in [-0.39, 0.29) is 29.0 Å². The first-order valence-electron chi connectivity index (χ1n) is 6.32. The van der Waals surface area contributed by atoms with Gasteiger partial charge in [0, 0.05) is 0 Å². The molecule has 1 heterocycles. The zero-order valence-corrected chi connectivity index (χ0v) is 11.9. The van der Waals surface area contributed by atoms with Gasteiger partial charge in [-0.2, -0.15) is 0 Å². The van der Waals surface area contributed by atoms with Gasteiger partial charge in [-0.25, -0.2) is 0 Å². The summed E-state index contributed by atoms with van der Waals surface area (Å²) >= 11 is 6.23. The van der Waals surface area contributed by atoms with Crippen LogP contribution in [0.5, 0.6) is 0 Å². The molecule has 17 heavy (non-hydrogen) atoms. The highest BCUT2D eigenvalue weighted by atomic mass is 35.5. The molecule has 0 spiro atoms. The largest absolute Gasteiger partial charge is 0.469 e. The Balaban J connectivity index is 2.72. The first-order valence-corrected chi connectivity index (χ1v) is 6.75. The van der Waals surface area contributed by atoms with E-state index in [1.807, 2.05) is 13.8 Å². The van der Waals surface area contributed by atoms with Crippen LogP contribution in [0.1, 0.15) is 46.5 Å². The van der Waals surface area contributed by atoms with Gasteiger partial charge < -0.3 is 9.47 Å². The molecule has 1 aliphatic rings. The van der Waals surface area contributed by atoms with Gasteiger partial charge in [-0.1, -0.05) is 13.3 Å². The maximum atomic E-state index is 11.8. The Morgan fingerprint density at radius 3 is 2.65 bits per heavy atom. The van der Waals surface area contributed by atoms with Crippen molar-refractivity contribution in [2.45, 2.75) is 63.5 Å². The first kappa shape index (κ1) is 14.8. The van der Waals surface area contributed by atoms with Crippen LogP contribution in [0.4, 0.5) is 0 Å². The summed E-state index contributed by atoms with van der Waals surface area (Å²) < 4.78 is 10.9. The minimum atomic E-state index is -0.371. The molecular formula is C13H23ClO3. The molecule has 0 N–H and O–H groups in total. The van der Waals surface area contributed by atoms with Crippen molar-refractivity contribution in [2.75, 3.05) is 7.11 Å². The summed E-state index contributed by atoms with van der Waals surface area (Å²) in [6.45, 7) is 6.03. The van der Waals surface area contributed by atoms with Crippen molar-refractivity contribution >= 4 is 17.6 Å². The van der Waals surface area contributed by atoms with Gasteiger partial charge in [0.1, 0.15) is 0 Å². The summed E-state index contributed by atoms with van der Waals surface area (Å²) in [6, 6.07) is 0. The molecular weight excluding hydrogens is 240 g/mol. The van der Waals surface area contributed by atoms with Crippen molar-refractivity contribution in [3.8, 4) is 0 Å². The maximum Gasteiger partial charge on any atom is 0.311 e. The number of rotatable bonds is 4. The molecule has 1 fully saturated rings. The number of hydrogen-bond donors (Lipinski definition) is 0. The highest BCUT2D eigenvalue weighted by Gasteiger charge is 2.41. The SMILES string of the molecule is CCCC(C(=O)OC)C1CCC(Cl)C(C)(C)O1. The number of methoxy groups -OCH3 is 1. The van der Waals surface area contributed by atoms with Gasteiger partial charge in [0.25, 0.3) is 0 Å². The van der Waals surface area contributed by atoms with Gasteiger partial charge in [-0.3, -0.25) is 4.79 Å². The molecule has 0 aromatic carbocycles. The lowest BCUT2D eigenvalue weighted by molar-refractivity contribution is -0.165. The molecule has 0 aromatic rings. The third-order valence-electron chi connectivity index (χ3n) is 3.47. The molecule has 0 bridgehead atoms. The molecule has 3 atom stereocenters. The molecule has 3 unspecified atom stereocenters. The van der Waals surface area contributed by atoms with Crippen LogP contribution in [0.3, 0.4) is 0 Å². The third-order valence-corrected chi connectivity index (χ3v) is 4.21.